The first-order valence-corrected chi connectivity index (χ1v) is 8.80. The number of benzene rings is 1. The molecule has 3 atom stereocenters. The molecular weight excluding hydrogens is 304 g/mol. The summed E-state index contributed by atoms with van der Waals surface area (Å²) in [4.78, 5) is 2.47. The normalized spacial score (nSPS) is 27.8. The van der Waals surface area contributed by atoms with Crippen LogP contribution in [0.25, 0.3) is 0 Å². The highest BCUT2D eigenvalue weighted by Crippen LogP contribution is 2.33. The Hall–Kier alpha value is -1.61. The van der Waals surface area contributed by atoms with Crippen molar-refractivity contribution in [3.63, 3.8) is 0 Å². The molecule has 1 saturated carbocycles. The van der Waals surface area contributed by atoms with Gasteiger partial charge in [0.25, 0.3) is 0 Å². The summed E-state index contributed by atoms with van der Waals surface area (Å²) >= 11 is 0. The lowest BCUT2D eigenvalue weighted by Gasteiger charge is -2.40. The summed E-state index contributed by atoms with van der Waals surface area (Å²) in [7, 11) is 1.82. The fourth-order valence-corrected chi connectivity index (χ4v) is 3.97. The zero-order valence-corrected chi connectivity index (χ0v) is 14.3. The van der Waals surface area contributed by atoms with E-state index in [9.17, 15) is 0 Å². The van der Waals surface area contributed by atoms with E-state index in [0.29, 0.717) is 36.0 Å². The van der Waals surface area contributed by atoms with E-state index in [1.54, 1.807) is 6.07 Å². The van der Waals surface area contributed by atoms with Crippen molar-refractivity contribution in [1.29, 1.82) is 5.26 Å². The molecule has 0 N–H and O–H groups in total. The molecule has 1 aromatic carbocycles. The van der Waals surface area contributed by atoms with Crippen LogP contribution in [0.1, 0.15) is 24.8 Å². The van der Waals surface area contributed by atoms with Gasteiger partial charge in [0.05, 0.1) is 24.9 Å². The molecule has 2 fully saturated rings. The number of ether oxygens (including phenoxy) is 3. The summed E-state index contributed by atoms with van der Waals surface area (Å²) in [5, 5.41) is 9.14. The molecule has 1 heterocycles. The van der Waals surface area contributed by atoms with Gasteiger partial charge >= 0.3 is 0 Å². The molecule has 0 spiro atoms. The number of methoxy groups -OCH3 is 1. The van der Waals surface area contributed by atoms with Crippen LogP contribution in [0.4, 0.5) is 0 Å². The van der Waals surface area contributed by atoms with E-state index in [0.717, 1.165) is 32.7 Å². The van der Waals surface area contributed by atoms with Crippen molar-refractivity contribution in [3.8, 4) is 11.8 Å². The first kappa shape index (κ1) is 17.2. The quantitative estimate of drug-likeness (QED) is 0.802. The summed E-state index contributed by atoms with van der Waals surface area (Å²) < 4.78 is 17.3. The standard InChI is InChI=1S/C19H26N2O3/c1-22-19-8-4-6-16(19)17-14-23-11-9-21(17)10-12-24-18-7-3-2-5-15(18)13-20/h2-3,5,7,16-17,19H,4,6,8-12,14H2,1H3/t16-,17-,19-/m1/s1. The second-order valence-corrected chi connectivity index (χ2v) is 6.50. The lowest BCUT2D eigenvalue weighted by molar-refractivity contribution is -0.0602. The summed E-state index contributed by atoms with van der Waals surface area (Å²) in [6, 6.07) is 9.97. The SMILES string of the molecule is CO[C@@H]1CCC[C@@H]1[C@H]1COCCN1CCOc1ccccc1C#N. The lowest BCUT2D eigenvalue weighted by atomic mass is 9.94. The maximum atomic E-state index is 9.14. The lowest BCUT2D eigenvalue weighted by Crippen LogP contribution is -2.52. The van der Waals surface area contributed by atoms with Crippen LogP contribution < -0.4 is 4.74 Å². The summed E-state index contributed by atoms with van der Waals surface area (Å²) in [6.07, 6.45) is 3.94. The van der Waals surface area contributed by atoms with Gasteiger partial charge in [0.15, 0.2) is 0 Å². The van der Waals surface area contributed by atoms with E-state index in [4.69, 9.17) is 19.5 Å². The Morgan fingerprint density at radius 3 is 3.04 bits per heavy atom. The zero-order valence-electron chi connectivity index (χ0n) is 14.3. The Morgan fingerprint density at radius 2 is 2.21 bits per heavy atom. The third kappa shape index (κ3) is 3.89. The van der Waals surface area contributed by atoms with Gasteiger partial charge in [-0.15, -0.1) is 0 Å². The van der Waals surface area contributed by atoms with Crippen molar-refractivity contribution in [1.82, 2.24) is 4.90 Å². The van der Waals surface area contributed by atoms with E-state index in [-0.39, 0.29) is 0 Å². The minimum absolute atomic E-state index is 0.347. The maximum Gasteiger partial charge on any atom is 0.137 e. The molecule has 1 aliphatic heterocycles. The number of nitrogens with zero attached hydrogens (tertiary/aromatic N) is 2. The van der Waals surface area contributed by atoms with E-state index in [1.165, 1.54) is 12.8 Å². The predicted molar refractivity (Wildman–Crippen MR) is 91.0 cm³/mol. The Morgan fingerprint density at radius 1 is 1.33 bits per heavy atom. The van der Waals surface area contributed by atoms with Gasteiger partial charge in [0.2, 0.25) is 0 Å². The van der Waals surface area contributed by atoms with Gasteiger partial charge in [-0.1, -0.05) is 18.6 Å². The molecule has 0 bridgehead atoms. The molecule has 1 aliphatic carbocycles. The van der Waals surface area contributed by atoms with Gasteiger partial charge in [-0.25, -0.2) is 0 Å². The van der Waals surface area contributed by atoms with Crippen LogP contribution in [0.3, 0.4) is 0 Å². The summed E-state index contributed by atoms with van der Waals surface area (Å²) in [5.74, 6) is 1.21. The van der Waals surface area contributed by atoms with Crippen LogP contribution in [-0.4, -0.2) is 57.1 Å². The topological polar surface area (TPSA) is 54.7 Å². The summed E-state index contributed by atoms with van der Waals surface area (Å²) in [6.45, 7) is 3.91. The van der Waals surface area contributed by atoms with Crippen molar-refractivity contribution < 1.29 is 14.2 Å². The first-order chi connectivity index (χ1) is 11.8. The molecule has 0 radical (unpaired) electrons. The highest BCUT2D eigenvalue weighted by atomic mass is 16.5. The van der Waals surface area contributed by atoms with Crippen LogP contribution in [-0.2, 0) is 9.47 Å². The number of nitriles is 1. The smallest absolute Gasteiger partial charge is 0.137 e. The van der Waals surface area contributed by atoms with Gasteiger partial charge in [-0.05, 0) is 25.0 Å². The molecule has 24 heavy (non-hydrogen) atoms. The van der Waals surface area contributed by atoms with E-state index >= 15 is 0 Å². The van der Waals surface area contributed by atoms with Crippen molar-refractivity contribution in [2.75, 3.05) is 40.0 Å². The Balaban J connectivity index is 1.57. The molecule has 5 nitrogen and oxygen atoms in total. The summed E-state index contributed by atoms with van der Waals surface area (Å²) in [5.41, 5.74) is 0.589. The van der Waals surface area contributed by atoms with Crippen LogP contribution in [0, 0.1) is 17.2 Å². The van der Waals surface area contributed by atoms with Crippen LogP contribution in [0.2, 0.25) is 0 Å². The molecule has 0 amide bonds. The molecule has 130 valence electrons. The van der Waals surface area contributed by atoms with Crippen molar-refractivity contribution in [2.45, 2.75) is 31.4 Å². The molecule has 1 saturated heterocycles. The molecule has 0 unspecified atom stereocenters. The predicted octanol–water partition coefficient (Wildman–Crippen LogP) is 2.45. The van der Waals surface area contributed by atoms with Crippen molar-refractivity contribution >= 4 is 0 Å². The van der Waals surface area contributed by atoms with Crippen molar-refractivity contribution in [3.05, 3.63) is 29.8 Å². The monoisotopic (exact) mass is 330 g/mol. The van der Waals surface area contributed by atoms with Gasteiger partial charge < -0.3 is 14.2 Å². The van der Waals surface area contributed by atoms with Gasteiger partial charge in [-0.2, -0.15) is 5.26 Å². The third-order valence-electron chi connectivity index (χ3n) is 5.22. The number of hydrogen-bond donors (Lipinski definition) is 0. The van der Waals surface area contributed by atoms with Crippen LogP contribution in [0.5, 0.6) is 5.75 Å². The minimum atomic E-state index is 0.347. The second-order valence-electron chi connectivity index (χ2n) is 6.50. The van der Waals surface area contributed by atoms with Crippen LogP contribution >= 0.6 is 0 Å². The van der Waals surface area contributed by atoms with Crippen LogP contribution in [0.15, 0.2) is 24.3 Å². The first-order valence-electron chi connectivity index (χ1n) is 8.80. The van der Waals surface area contributed by atoms with E-state index < -0.39 is 0 Å². The number of hydrogen-bond acceptors (Lipinski definition) is 5. The molecular formula is C19H26N2O3. The molecule has 5 heteroatoms. The maximum absolute atomic E-state index is 9.14. The minimum Gasteiger partial charge on any atom is -0.491 e. The van der Waals surface area contributed by atoms with E-state index in [2.05, 4.69) is 11.0 Å². The fourth-order valence-electron chi connectivity index (χ4n) is 3.97. The zero-order chi connectivity index (χ0) is 16.8. The Kier molecular flexibility index (Phi) is 6.08. The molecule has 0 aromatic heterocycles. The molecule has 3 rings (SSSR count). The molecule has 1 aromatic rings. The molecule has 2 aliphatic rings. The van der Waals surface area contributed by atoms with Crippen molar-refractivity contribution in [2.24, 2.45) is 5.92 Å². The van der Waals surface area contributed by atoms with Gasteiger partial charge in [0.1, 0.15) is 18.4 Å². The van der Waals surface area contributed by atoms with E-state index in [1.807, 2.05) is 25.3 Å². The van der Waals surface area contributed by atoms with Gasteiger partial charge in [0, 0.05) is 32.2 Å². The number of rotatable bonds is 6. The Bertz CT molecular complexity index is 572. The third-order valence-corrected chi connectivity index (χ3v) is 5.22. The fraction of sp³-hybridized carbons (Fsp3) is 0.632. The van der Waals surface area contributed by atoms with Gasteiger partial charge in [-0.3, -0.25) is 4.90 Å². The number of para-hydroxylation sites is 1. The highest BCUT2D eigenvalue weighted by Gasteiger charge is 2.38. The number of morpholine rings is 1. The average Bonchev–Trinajstić information content (AvgIpc) is 3.11. The largest absolute Gasteiger partial charge is 0.491 e. The Labute approximate surface area is 144 Å². The second kappa shape index (κ2) is 8.48. The highest BCUT2D eigenvalue weighted by molar-refractivity contribution is 5.42. The average molecular weight is 330 g/mol.